The second-order valence-electron chi connectivity index (χ2n) is 4.28. The molecule has 0 amide bonds. The Labute approximate surface area is 111 Å². The van der Waals surface area contributed by atoms with Gasteiger partial charge in [-0.15, -0.1) is 0 Å². The van der Waals surface area contributed by atoms with Crippen molar-refractivity contribution in [3.63, 3.8) is 0 Å². The Bertz CT molecular complexity index is 539. The van der Waals surface area contributed by atoms with E-state index in [-0.39, 0.29) is 11.9 Å². The lowest BCUT2D eigenvalue weighted by Gasteiger charge is -2.13. The van der Waals surface area contributed by atoms with Gasteiger partial charge in [0, 0.05) is 12.6 Å². The molecule has 1 aromatic carbocycles. The van der Waals surface area contributed by atoms with Crippen LogP contribution in [-0.2, 0) is 6.54 Å². The first-order valence-corrected chi connectivity index (χ1v) is 6.13. The number of hydrogen-bond donors (Lipinski definition) is 1. The van der Waals surface area contributed by atoms with Crippen molar-refractivity contribution in [3.05, 3.63) is 58.3 Å². The van der Waals surface area contributed by atoms with E-state index in [4.69, 9.17) is 0 Å². The van der Waals surface area contributed by atoms with Crippen LogP contribution in [0.4, 0.5) is 5.82 Å². The van der Waals surface area contributed by atoms with Crippen molar-refractivity contribution in [2.45, 2.75) is 19.5 Å². The smallest absolute Gasteiger partial charge is 0.358 e. The quantitative estimate of drug-likeness (QED) is 0.638. The van der Waals surface area contributed by atoms with Crippen LogP contribution in [0.3, 0.4) is 0 Å². The van der Waals surface area contributed by atoms with Gasteiger partial charge in [0.1, 0.15) is 0 Å². The molecule has 0 spiro atoms. The van der Waals surface area contributed by atoms with Gasteiger partial charge in [-0.05, 0) is 17.4 Å². The summed E-state index contributed by atoms with van der Waals surface area (Å²) in [4.78, 5) is 10.0. The second kappa shape index (κ2) is 6.10. The van der Waals surface area contributed by atoms with Gasteiger partial charge in [0.05, 0.1) is 23.9 Å². The van der Waals surface area contributed by atoms with Crippen molar-refractivity contribution >= 4 is 5.82 Å². The zero-order chi connectivity index (χ0) is 13.7. The molecule has 0 saturated carbocycles. The fourth-order valence-corrected chi connectivity index (χ4v) is 1.83. The zero-order valence-corrected chi connectivity index (χ0v) is 10.7. The Kier molecular flexibility index (Phi) is 4.25. The molecule has 19 heavy (non-hydrogen) atoms. The van der Waals surface area contributed by atoms with Gasteiger partial charge in [-0.1, -0.05) is 30.3 Å². The molecule has 0 saturated heterocycles. The van der Waals surface area contributed by atoms with Crippen LogP contribution in [0.25, 0.3) is 0 Å². The van der Waals surface area contributed by atoms with Crippen LogP contribution in [-0.4, -0.2) is 21.2 Å². The predicted molar refractivity (Wildman–Crippen MR) is 71.7 cm³/mol. The van der Waals surface area contributed by atoms with Gasteiger partial charge >= 0.3 is 5.82 Å². The molecule has 2 aromatic rings. The van der Waals surface area contributed by atoms with Gasteiger partial charge in [0.25, 0.3) is 0 Å². The van der Waals surface area contributed by atoms with Crippen LogP contribution >= 0.6 is 0 Å². The molecule has 0 aliphatic rings. The van der Waals surface area contributed by atoms with E-state index in [0.717, 1.165) is 0 Å². The maximum absolute atomic E-state index is 10.5. The van der Waals surface area contributed by atoms with Crippen molar-refractivity contribution in [2.75, 3.05) is 6.54 Å². The average Bonchev–Trinajstić information content (AvgIpc) is 2.89. The molecule has 0 aliphatic carbocycles. The number of nitrogens with one attached hydrogen (secondary N) is 1. The molecule has 6 nitrogen and oxygen atoms in total. The molecule has 0 radical (unpaired) electrons. The van der Waals surface area contributed by atoms with Crippen LogP contribution in [0.2, 0.25) is 0 Å². The van der Waals surface area contributed by atoms with E-state index in [1.165, 1.54) is 11.6 Å². The minimum atomic E-state index is -0.490. The number of aromatic nitrogens is 2. The third-order valence-electron chi connectivity index (χ3n) is 2.90. The maximum Gasteiger partial charge on any atom is 0.389 e. The largest absolute Gasteiger partial charge is 0.389 e. The van der Waals surface area contributed by atoms with E-state index in [1.54, 1.807) is 10.9 Å². The summed E-state index contributed by atoms with van der Waals surface area (Å²) >= 11 is 0. The summed E-state index contributed by atoms with van der Waals surface area (Å²) in [6, 6.07) is 11.8. The monoisotopic (exact) mass is 260 g/mol. The van der Waals surface area contributed by atoms with Crippen LogP contribution in [0.15, 0.2) is 42.6 Å². The minimum absolute atomic E-state index is 0.115. The molecule has 6 heteroatoms. The summed E-state index contributed by atoms with van der Waals surface area (Å²) in [5, 5.41) is 17.7. The highest BCUT2D eigenvalue weighted by atomic mass is 16.6. The van der Waals surface area contributed by atoms with Gasteiger partial charge in [0.2, 0.25) is 0 Å². The van der Waals surface area contributed by atoms with Crippen LogP contribution in [0.1, 0.15) is 18.5 Å². The molecule has 1 N–H and O–H groups in total. The summed E-state index contributed by atoms with van der Waals surface area (Å²) in [5.74, 6) is -0.115. The molecule has 2 rings (SSSR count). The van der Waals surface area contributed by atoms with Crippen molar-refractivity contribution in [1.29, 1.82) is 0 Å². The molecular formula is C13H16N4O2. The SMILES string of the molecule is C[C@H](NCCn1ccc([N+](=O)[O-])n1)c1ccccc1. The van der Waals surface area contributed by atoms with Gasteiger partial charge < -0.3 is 15.4 Å². The van der Waals surface area contributed by atoms with Gasteiger partial charge in [-0.3, -0.25) is 0 Å². The standard InChI is InChI=1S/C13H16N4O2/c1-11(12-5-3-2-4-6-12)14-8-10-16-9-7-13(15-16)17(18)19/h2-7,9,11,14H,8,10H2,1H3/t11-/m0/s1. The van der Waals surface area contributed by atoms with Crippen molar-refractivity contribution in [2.24, 2.45) is 0 Å². The van der Waals surface area contributed by atoms with Gasteiger partial charge in [-0.25, -0.2) is 0 Å². The lowest BCUT2D eigenvalue weighted by Crippen LogP contribution is -2.23. The Hall–Kier alpha value is -2.21. The number of nitrogens with zero attached hydrogens (tertiary/aromatic N) is 3. The highest BCUT2D eigenvalue weighted by Gasteiger charge is 2.10. The number of benzene rings is 1. The fraction of sp³-hybridized carbons (Fsp3) is 0.308. The van der Waals surface area contributed by atoms with Crippen LogP contribution < -0.4 is 5.32 Å². The van der Waals surface area contributed by atoms with Crippen molar-refractivity contribution < 1.29 is 4.92 Å². The summed E-state index contributed by atoms with van der Waals surface area (Å²) in [6.07, 6.45) is 1.62. The normalized spacial score (nSPS) is 12.3. The second-order valence-corrected chi connectivity index (χ2v) is 4.28. The van der Waals surface area contributed by atoms with E-state index >= 15 is 0 Å². The van der Waals surface area contributed by atoms with Crippen LogP contribution in [0, 0.1) is 10.1 Å². The first-order valence-electron chi connectivity index (χ1n) is 6.13. The number of rotatable bonds is 6. The molecule has 0 fully saturated rings. The van der Waals surface area contributed by atoms with Gasteiger partial charge in [0.15, 0.2) is 0 Å². The molecule has 0 aliphatic heterocycles. The summed E-state index contributed by atoms with van der Waals surface area (Å²) in [5.41, 5.74) is 1.22. The Balaban J connectivity index is 1.81. The summed E-state index contributed by atoms with van der Waals surface area (Å²) in [6.45, 7) is 3.39. The van der Waals surface area contributed by atoms with E-state index in [1.807, 2.05) is 18.2 Å². The Morgan fingerprint density at radius 2 is 2.11 bits per heavy atom. The molecule has 1 aromatic heterocycles. The summed E-state index contributed by atoms with van der Waals surface area (Å²) < 4.78 is 1.57. The predicted octanol–water partition coefficient (Wildman–Crippen LogP) is 2.14. The van der Waals surface area contributed by atoms with E-state index in [9.17, 15) is 10.1 Å². The zero-order valence-electron chi connectivity index (χ0n) is 10.7. The molecule has 0 unspecified atom stereocenters. The molecule has 0 bridgehead atoms. The first kappa shape index (κ1) is 13.2. The average molecular weight is 260 g/mol. The minimum Gasteiger partial charge on any atom is -0.358 e. The molecular weight excluding hydrogens is 244 g/mol. The highest BCUT2D eigenvalue weighted by Crippen LogP contribution is 2.10. The topological polar surface area (TPSA) is 73.0 Å². The molecule has 1 atom stereocenters. The Morgan fingerprint density at radius 1 is 1.37 bits per heavy atom. The third kappa shape index (κ3) is 3.62. The van der Waals surface area contributed by atoms with Crippen LogP contribution in [0.5, 0.6) is 0 Å². The van der Waals surface area contributed by atoms with Crippen molar-refractivity contribution in [1.82, 2.24) is 15.1 Å². The number of nitro groups is 1. The number of hydrogen-bond acceptors (Lipinski definition) is 4. The highest BCUT2D eigenvalue weighted by molar-refractivity contribution is 5.18. The molecule has 1 heterocycles. The van der Waals surface area contributed by atoms with E-state index in [0.29, 0.717) is 13.1 Å². The Morgan fingerprint density at radius 3 is 2.74 bits per heavy atom. The maximum atomic E-state index is 10.5. The lowest BCUT2D eigenvalue weighted by atomic mass is 10.1. The van der Waals surface area contributed by atoms with Gasteiger partial charge in [-0.2, -0.15) is 4.68 Å². The fourth-order valence-electron chi connectivity index (χ4n) is 1.83. The van der Waals surface area contributed by atoms with Crippen molar-refractivity contribution in [3.8, 4) is 0 Å². The van der Waals surface area contributed by atoms with E-state index < -0.39 is 4.92 Å². The molecule has 100 valence electrons. The first-order chi connectivity index (χ1) is 9.16. The summed E-state index contributed by atoms with van der Waals surface area (Å²) in [7, 11) is 0. The van der Waals surface area contributed by atoms with E-state index in [2.05, 4.69) is 29.5 Å². The third-order valence-corrected chi connectivity index (χ3v) is 2.90. The lowest BCUT2D eigenvalue weighted by molar-refractivity contribution is -0.389.